The Bertz CT molecular complexity index is 1070. The first kappa shape index (κ1) is 17.8. The molecule has 1 aromatic carbocycles. The molecule has 0 atom stereocenters. The van der Waals surface area contributed by atoms with E-state index in [-0.39, 0.29) is 11.8 Å². The van der Waals surface area contributed by atoms with Crippen LogP contribution in [-0.4, -0.2) is 21.1 Å². The summed E-state index contributed by atoms with van der Waals surface area (Å²) in [5.41, 5.74) is 1.30. The van der Waals surface area contributed by atoms with Crippen LogP contribution in [0.2, 0.25) is 0 Å². The van der Waals surface area contributed by atoms with Crippen molar-refractivity contribution in [3.05, 3.63) is 69.5 Å². The zero-order valence-corrected chi connectivity index (χ0v) is 16.8. The lowest BCUT2D eigenvalue weighted by Crippen LogP contribution is -2.13. The van der Waals surface area contributed by atoms with E-state index in [2.05, 4.69) is 36.4 Å². The number of halogens is 1. The maximum absolute atomic E-state index is 12.7. The molecule has 0 aliphatic heterocycles. The predicted molar refractivity (Wildman–Crippen MR) is 110 cm³/mol. The van der Waals surface area contributed by atoms with Crippen molar-refractivity contribution in [2.45, 2.75) is 0 Å². The number of amides is 1. The van der Waals surface area contributed by atoms with E-state index in [1.807, 2.05) is 29.0 Å². The largest absolute Gasteiger partial charge is 0.438 e. The van der Waals surface area contributed by atoms with Crippen LogP contribution in [-0.2, 0) is 0 Å². The van der Waals surface area contributed by atoms with E-state index >= 15 is 0 Å². The fourth-order valence-corrected chi connectivity index (χ4v) is 3.91. The number of carbonyl (C=O) groups excluding carboxylic acids is 1. The summed E-state index contributed by atoms with van der Waals surface area (Å²) < 4.78 is 6.70. The molecule has 134 valence electrons. The van der Waals surface area contributed by atoms with Gasteiger partial charge in [0, 0.05) is 21.6 Å². The van der Waals surface area contributed by atoms with Crippen LogP contribution in [0.25, 0.3) is 10.6 Å². The van der Waals surface area contributed by atoms with Crippen LogP contribution in [0.3, 0.4) is 0 Å². The van der Waals surface area contributed by atoms with Crippen molar-refractivity contribution in [2.24, 2.45) is 0 Å². The van der Waals surface area contributed by atoms with Crippen LogP contribution in [0.4, 0.5) is 5.13 Å². The van der Waals surface area contributed by atoms with Crippen LogP contribution >= 0.6 is 38.6 Å². The Kier molecular flexibility index (Phi) is 5.23. The highest BCUT2D eigenvalue weighted by molar-refractivity contribution is 9.10. The van der Waals surface area contributed by atoms with E-state index in [4.69, 9.17) is 4.74 Å². The summed E-state index contributed by atoms with van der Waals surface area (Å²) in [7, 11) is 0. The number of nitrogens with one attached hydrogen (secondary N) is 1. The molecule has 3 aromatic heterocycles. The monoisotopic (exact) mass is 458 g/mol. The molecular weight excluding hydrogens is 448 g/mol. The number of hydrogen-bond donors (Lipinski definition) is 1. The van der Waals surface area contributed by atoms with E-state index in [0.29, 0.717) is 16.4 Å². The molecule has 0 unspecified atom stereocenters. The maximum atomic E-state index is 12.7. The molecule has 9 heteroatoms. The maximum Gasteiger partial charge on any atom is 0.262 e. The summed E-state index contributed by atoms with van der Waals surface area (Å²) in [5, 5.41) is 16.0. The third-order valence-electron chi connectivity index (χ3n) is 3.46. The molecule has 0 saturated heterocycles. The van der Waals surface area contributed by atoms with Gasteiger partial charge in [-0.2, -0.15) is 11.3 Å². The predicted octanol–water partition coefficient (Wildman–Crippen LogP) is 5.47. The van der Waals surface area contributed by atoms with Crippen LogP contribution in [0.1, 0.15) is 10.4 Å². The third-order valence-corrected chi connectivity index (χ3v) is 5.56. The van der Waals surface area contributed by atoms with E-state index in [1.54, 1.807) is 41.8 Å². The summed E-state index contributed by atoms with van der Waals surface area (Å²) in [5.74, 6) is 0.449. The SMILES string of the molecule is O=C(Nc1nnc(-c2ccsc2)s1)c1cccnc1Oc1ccc(Br)cc1. The molecule has 3 heterocycles. The summed E-state index contributed by atoms with van der Waals surface area (Å²) >= 11 is 6.27. The van der Waals surface area contributed by atoms with Crippen molar-refractivity contribution >= 4 is 49.6 Å². The number of hydrogen-bond acceptors (Lipinski definition) is 7. The standard InChI is InChI=1S/C18H11BrN4O2S2/c19-12-3-5-13(6-4-12)25-16-14(2-1-8-20-16)15(24)21-18-23-22-17(27-18)11-7-9-26-10-11/h1-10H,(H,21,23,24). The first-order valence-electron chi connectivity index (χ1n) is 7.75. The molecule has 4 rings (SSSR count). The van der Waals surface area contributed by atoms with E-state index in [1.165, 1.54) is 11.3 Å². The number of pyridine rings is 1. The van der Waals surface area contributed by atoms with E-state index in [0.717, 1.165) is 15.0 Å². The minimum Gasteiger partial charge on any atom is -0.438 e. The van der Waals surface area contributed by atoms with Gasteiger partial charge in [-0.15, -0.1) is 10.2 Å². The lowest BCUT2D eigenvalue weighted by Gasteiger charge is -2.09. The van der Waals surface area contributed by atoms with Gasteiger partial charge in [-0.05, 0) is 47.8 Å². The Morgan fingerprint density at radius 2 is 1.96 bits per heavy atom. The fraction of sp³-hybridized carbons (Fsp3) is 0. The first-order chi connectivity index (χ1) is 13.2. The number of anilines is 1. The second-order valence-electron chi connectivity index (χ2n) is 5.29. The molecule has 0 bridgehead atoms. The van der Waals surface area contributed by atoms with Gasteiger partial charge in [0.2, 0.25) is 11.0 Å². The van der Waals surface area contributed by atoms with Crippen molar-refractivity contribution < 1.29 is 9.53 Å². The minimum absolute atomic E-state index is 0.222. The third kappa shape index (κ3) is 4.21. The number of thiophene rings is 1. The first-order valence-corrected chi connectivity index (χ1v) is 10.3. The zero-order chi connectivity index (χ0) is 18.6. The Morgan fingerprint density at radius 1 is 1.11 bits per heavy atom. The average Bonchev–Trinajstić information content (AvgIpc) is 3.36. The van der Waals surface area contributed by atoms with Gasteiger partial charge < -0.3 is 4.74 Å². The van der Waals surface area contributed by atoms with Crippen LogP contribution in [0, 0.1) is 0 Å². The van der Waals surface area contributed by atoms with Gasteiger partial charge in [0.15, 0.2) is 0 Å². The van der Waals surface area contributed by atoms with Crippen molar-refractivity contribution in [3.63, 3.8) is 0 Å². The number of aromatic nitrogens is 3. The highest BCUT2D eigenvalue weighted by atomic mass is 79.9. The molecule has 0 saturated carbocycles. The summed E-state index contributed by atoms with van der Waals surface area (Å²) in [6, 6.07) is 12.6. The van der Waals surface area contributed by atoms with Gasteiger partial charge in [0.05, 0.1) is 0 Å². The molecule has 27 heavy (non-hydrogen) atoms. The fourth-order valence-electron chi connectivity index (χ4n) is 2.20. The number of rotatable bonds is 5. The molecule has 0 radical (unpaired) electrons. The summed E-state index contributed by atoms with van der Waals surface area (Å²) in [4.78, 5) is 16.9. The lowest BCUT2D eigenvalue weighted by atomic mass is 10.2. The molecule has 1 amide bonds. The van der Waals surface area contributed by atoms with Gasteiger partial charge in [-0.3, -0.25) is 10.1 Å². The van der Waals surface area contributed by atoms with Gasteiger partial charge in [0.25, 0.3) is 5.91 Å². The number of nitrogens with zero attached hydrogens (tertiary/aromatic N) is 3. The molecule has 0 aliphatic carbocycles. The summed E-state index contributed by atoms with van der Waals surface area (Å²) in [6.07, 6.45) is 1.57. The zero-order valence-electron chi connectivity index (χ0n) is 13.6. The number of carbonyl (C=O) groups is 1. The van der Waals surface area contributed by atoms with Crippen molar-refractivity contribution in [3.8, 4) is 22.2 Å². The highest BCUT2D eigenvalue weighted by Crippen LogP contribution is 2.29. The molecule has 0 spiro atoms. The average molecular weight is 459 g/mol. The molecular formula is C18H11BrN4O2S2. The Balaban J connectivity index is 1.53. The molecule has 6 nitrogen and oxygen atoms in total. The van der Waals surface area contributed by atoms with Crippen LogP contribution in [0.5, 0.6) is 11.6 Å². The Morgan fingerprint density at radius 3 is 2.74 bits per heavy atom. The molecule has 0 fully saturated rings. The van der Waals surface area contributed by atoms with E-state index in [9.17, 15) is 4.79 Å². The van der Waals surface area contributed by atoms with Gasteiger partial charge >= 0.3 is 0 Å². The number of ether oxygens (including phenoxy) is 1. The highest BCUT2D eigenvalue weighted by Gasteiger charge is 2.17. The topological polar surface area (TPSA) is 77.0 Å². The Labute approximate surface area is 171 Å². The van der Waals surface area contributed by atoms with Crippen molar-refractivity contribution in [2.75, 3.05) is 5.32 Å². The minimum atomic E-state index is -0.358. The summed E-state index contributed by atoms with van der Waals surface area (Å²) in [6.45, 7) is 0. The van der Waals surface area contributed by atoms with Crippen molar-refractivity contribution in [1.29, 1.82) is 0 Å². The van der Waals surface area contributed by atoms with Crippen LogP contribution in [0.15, 0.2) is 63.9 Å². The normalized spacial score (nSPS) is 10.6. The lowest BCUT2D eigenvalue weighted by molar-refractivity contribution is 0.102. The molecule has 4 aromatic rings. The molecule has 0 aliphatic rings. The Hall–Kier alpha value is -2.62. The quantitative estimate of drug-likeness (QED) is 0.428. The molecule has 1 N–H and O–H groups in total. The number of benzene rings is 1. The second kappa shape index (κ2) is 7.95. The van der Waals surface area contributed by atoms with Gasteiger partial charge in [-0.25, -0.2) is 4.98 Å². The van der Waals surface area contributed by atoms with Gasteiger partial charge in [0.1, 0.15) is 16.3 Å². The van der Waals surface area contributed by atoms with Crippen molar-refractivity contribution in [1.82, 2.24) is 15.2 Å². The smallest absolute Gasteiger partial charge is 0.262 e. The van der Waals surface area contributed by atoms with Gasteiger partial charge in [-0.1, -0.05) is 27.3 Å². The van der Waals surface area contributed by atoms with E-state index < -0.39 is 0 Å². The second-order valence-corrected chi connectivity index (χ2v) is 7.96. The van der Waals surface area contributed by atoms with Crippen LogP contribution < -0.4 is 10.1 Å².